The fraction of sp³-hybridized carbons (Fsp3) is 0.250. The zero-order valence-electron chi connectivity index (χ0n) is 11.6. The summed E-state index contributed by atoms with van der Waals surface area (Å²) in [7, 11) is 1.86. The van der Waals surface area contributed by atoms with Crippen LogP contribution in [0.4, 0.5) is 4.39 Å². The Morgan fingerprint density at radius 2 is 1.90 bits per heavy atom. The molecule has 1 heterocycles. The smallest absolute Gasteiger partial charge is 0.231 e. The van der Waals surface area contributed by atoms with Crippen molar-refractivity contribution in [1.29, 1.82) is 0 Å². The molecule has 0 saturated carbocycles. The summed E-state index contributed by atoms with van der Waals surface area (Å²) in [6, 6.07) is 11.8. The number of nitrogens with one attached hydrogen (secondary N) is 1. The van der Waals surface area contributed by atoms with Gasteiger partial charge in [0.2, 0.25) is 6.79 Å². The highest BCUT2D eigenvalue weighted by Gasteiger charge is 2.17. The van der Waals surface area contributed by atoms with Crippen LogP contribution in [-0.2, 0) is 0 Å². The number of hydrogen-bond acceptors (Lipinski definition) is 4. The van der Waals surface area contributed by atoms with Crippen LogP contribution in [0.1, 0.15) is 11.6 Å². The number of rotatable bonds is 5. The highest BCUT2D eigenvalue weighted by Crippen LogP contribution is 2.34. The van der Waals surface area contributed by atoms with Gasteiger partial charge in [0, 0.05) is 0 Å². The molecular formula is C16H16FNO3. The van der Waals surface area contributed by atoms with E-state index >= 15 is 0 Å². The lowest BCUT2D eigenvalue weighted by Gasteiger charge is -2.18. The minimum Gasteiger partial charge on any atom is -0.492 e. The molecule has 0 saturated heterocycles. The van der Waals surface area contributed by atoms with Gasteiger partial charge in [0.25, 0.3) is 0 Å². The summed E-state index contributed by atoms with van der Waals surface area (Å²) < 4.78 is 29.2. The molecule has 110 valence electrons. The maximum absolute atomic E-state index is 12.9. The molecule has 1 unspecified atom stereocenters. The predicted molar refractivity (Wildman–Crippen MR) is 76.3 cm³/mol. The van der Waals surface area contributed by atoms with E-state index in [1.807, 2.05) is 25.2 Å². The van der Waals surface area contributed by atoms with Crippen LogP contribution >= 0.6 is 0 Å². The maximum atomic E-state index is 12.9. The molecule has 0 aliphatic carbocycles. The quantitative estimate of drug-likeness (QED) is 0.918. The second-order valence-electron chi connectivity index (χ2n) is 4.72. The van der Waals surface area contributed by atoms with Crippen molar-refractivity contribution in [2.45, 2.75) is 6.04 Å². The van der Waals surface area contributed by atoms with Crippen molar-refractivity contribution in [1.82, 2.24) is 5.32 Å². The predicted octanol–water partition coefficient (Wildman–Crippen LogP) is 2.89. The first-order valence-electron chi connectivity index (χ1n) is 6.71. The SMILES string of the molecule is CNC(COc1ccc(F)cc1)c1ccc2c(c1)OCO2. The van der Waals surface area contributed by atoms with Gasteiger partial charge in [-0.25, -0.2) is 4.39 Å². The minimum atomic E-state index is -0.275. The summed E-state index contributed by atoms with van der Waals surface area (Å²) in [4.78, 5) is 0. The van der Waals surface area contributed by atoms with Crippen molar-refractivity contribution in [2.75, 3.05) is 20.4 Å². The molecule has 21 heavy (non-hydrogen) atoms. The first kappa shape index (κ1) is 13.7. The van der Waals surface area contributed by atoms with Crippen molar-refractivity contribution in [3.05, 3.63) is 53.8 Å². The average Bonchev–Trinajstić information content (AvgIpc) is 2.97. The van der Waals surface area contributed by atoms with Gasteiger partial charge in [0.1, 0.15) is 18.2 Å². The number of halogens is 1. The van der Waals surface area contributed by atoms with Crippen LogP contribution in [0.2, 0.25) is 0 Å². The van der Waals surface area contributed by atoms with Gasteiger partial charge in [-0.1, -0.05) is 6.07 Å². The molecule has 1 atom stereocenters. The van der Waals surface area contributed by atoms with Gasteiger partial charge < -0.3 is 19.5 Å². The zero-order valence-corrected chi connectivity index (χ0v) is 11.6. The first-order chi connectivity index (χ1) is 10.3. The third-order valence-electron chi connectivity index (χ3n) is 3.38. The van der Waals surface area contributed by atoms with Gasteiger partial charge in [-0.05, 0) is 49.0 Å². The molecule has 0 bridgehead atoms. The number of ether oxygens (including phenoxy) is 3. The molecule has 5 heteroatoms. The van der Waals surface area contributed by atoms with E-state index in [1.54, 1.807) is 12.1 Å². The minimum absolute atomic E-state index is 0.00422. The number of benzene rings is 2. The third kappa shape index (κ3) is 3.08. The Bertz CT molecular complexity index is 615. The van der Waals surface area contributed by atoms with Crippen molar-refractivity contribution < 1.29 is 18.6 Å². The largest absolute Gasteiger partial charge is 0.492 e. The summed E-state index contributed by atoms with van der Waals surface area (Å²) >= 11 is 0. The summed E-state index contributed by atoms with van der Waals surface area (Å²) in [6.07, 6.45) is 0. The Balaban J connectivity index is 1.68. The standard InChI is InChI=1S/C16H16FNO3/c1-18-14(9-19-13-5-3-12(17)4-6-13)11-2-7-15-16(8-11)21-10-20-15/h2-8,14,18H,9-10H2,1H3. The van der Waals surface area contributed by atoms with E-state index in [9.17, 15) is 4.39 Å². The zero-order chi connectivity index (χ0) is 14.7. The van der Waals surface area contributed by atoms with Crippen LogP contribution in [-0.4, -0.2) is 20.4 Å². The van der Waals surface area contributed by atoms with Gasteiger partial charge in [-0.15, -0.1) is 0 Å². The number of fused-ring (bicyclic) bond motifs is 1. The Hall–Kier alpha value is -2.27. The van der Waals surface area contributed by atoms with Crippen LogP contribution in [0.5, 0.6) is 17.2 Å². The van der Waals surface area contributed by atoms with E-state index in [4.69, 9.17) is 14.2 Å². The van der Waals surface area contributed by atoms with E-state index in [-0.39, 0.29) is 18.7 Å². The molecule has 1 aliphatic rings. The van der Waals surface area contributed by atoms with Crippen molar-refractivity contribution >= 4 is 0 Å². The summed E-state index contributed by atoms with van der Waals surface area (Å²) in [5.74, 6) is 1.86. The summed E-state index contributed by atoms with van der Waals surface area (Å²) in [5.41, 5.74) is 1.05. The number of likely N-dealkylation sites (N-methyl/N-ethyl adjacent to an activating group) is 1. The van der Waals surface area contributed by atoms with Crippen LogP contribution in [0.25, 0.3) is 0 Å². The Labute approximate surface area is 122 Å². The van der Waals surface area contributed by atoms with Crippen molar-refractivity contribution in [2.24, 2.45) is 0 Å². The van der Waals surface area contributed by atoms with Gasteiger partial charge in [0.15, 0.2) is 11.5 Å². The van der Waals surface area contributed by atoms with Crippen LogP contribution in [0.3, 0.4) is 0 Å². The van der Waals surface area contributed by atoms with Crippen LogP contribution < -0.4 is 19.5 Å². The van der Waals surface area contributed by atoms with Gasteiger partial charge >= 0.3 is 0 Å². The van der Waals surface area contributed by atoms with E-state index < -0.39 is 0 Å². The molecule has 0 aromatic heterocycles. The van der Waals surface area contributed by atoms with E-state index in [0.717, 1.165) is 17.1 Å². The highest BCUT2D eigenvalue weighted by molar-refractivity contribution is 5.45. The molecule has 2 aromatic rings. The summed E-state index contributed by atoms with van der Waals surface area (Å²) in [5, 5.41) is 3.20. The van der Waals surface area contributed by atoms with Crippen LogP contribution in [0, 0.1) is 5.82 Å². The molecule has 1 aliphatic heterocycles. The van der Waals surface area contributed by atoms with E-state index in [2.05, 4.69) is 5.32 Å². The molecule has 1 N–H and O–H groups in total. The average molecular weight is 289 g/mol. The Morgan fingerprint density at radius 3 is 2.67 bits per heavy atom. The summed E-state index contributed by atoms with van der Waals surface area (Å²) in [6.45, 7) is 0.691. The molecule has 0 radical (unpaired) electrons. The molecule has 0 fully saturated rings. The van der Waals surface area contributed by atoms with Crippen molar-refractivity contribution in [3.8, 4) is 17.2 Å². The van der Waals surface area contributed by atoms with E-state index in [0.29, 0.717) is 12.4 Å². The fourth-order valence-electron chi connectivity index (χ4n) is 2.19. The molecular weight excluding hydrogens is 273 g/mol. The number of hydrogen-bond donors (Lipinski definition) is 1. The van der Waals surface area contributed by atoms with Gasteiger partial charge in [-0.2, -0.15) is 0 Å². The third-order valence-corrected chi connectivity index (χ3v) is 3.38. The molecule has 2 aromatic carbocycles. The second-order valence-corrected chi connectivity index (χ2v) is 4.72. The molecule has 3 rings (SSSR count). The lowest BCUT2D eigenvalue weighted by molar-refractivity contribution is 0.174. The van der Waals surface area contributed by atoms with Gasteiger partial charge in [-0.3, -0.25) is 0 Å². The highest BCUT2D eigenvalue weighted by atomic mass is 19.1. The lowest BCUT2D eigenvalue weighted by atomic mass is 10.1. The first-order valence-corrected chi connectivity index (χ1v) is 6.71. The van der Waals surface area contributed by atoms with Crippen LogP contribution in [0.15, 0.2) is 42.5 Å². The monoisotopic (exact) mass is 289 g/mol. The maximum Gasteiger partial charge on any atom is 0.231 e. The lowest BCUT2D eigenvalue weighted by Crippen LogP contribution is -2.23. The van der Waals surface area contributed by atoms with E-state index in [1.165, 1.54) is 12.1 Å². The Kier molecular flexibility index (Phi) is 3.92. The second kappa shape index (κ2) is 6.01. The normalized spacial score (nSPS) is 14.0. The topological polar surface area (TPSA) is 39.7 Å². The Morgan fingerprint density at radius 1 is 1.14 bits per heavy atom. The molecule has 0 amide bonds. The van der Waals surface area contributed by atoms with Gasteiger partial charge in [0.05, 0.1) is 6.04 Å². The molecule has 0 spiro atoms. The molecule has 4 nitrogen and oxygen atoms in total. The van der Waals surface area contributed by atoms with Crippen molar-refractivity contribution in [3.63, 3.8) is 0 Å². The fourth-order valence-corrected chi connectivity index (χ4v) is 2.19.